The molecule has 0 spiro atoms. The van der Waals surface area contributed by atoms with Crippen molar-refractivity contribution in [3.05, 3.63) is 28.3 Å². The van der Waals surface area contributed by atoms with E-state index in [1.165, 1.54) is 7.05 Å². The predicted octanol–water partition coefficient (Wildman–Crippen LogP) is 0.284. The highest BCUT2D eigenvalue weighted by Gasteiger charge is 2.16. The summed E-state index contributed by atoms with van der Waals surface area (Å²) in [6.45, 7) is 0. The van der Waals surface area contributed by atoms with Gasteiger partial charge in [0, 0.05) is 19.2 Å². The van der Waals surface area contributed by atoms with Gasteiger partial charge in [0.15, 0.2) is 0 Å². The van der Waals surface area contributed by atoms with Crippen LogP contribution in [0, 0.1) is 10.1 Å². The Hall–Kier alpha value is -1.67. The first-order chi connectivity index (χ1) is 6.86. The normalized spacial score (nSPS) is 11.1. The number of nitrogens with two attached hydrogens (primary N) is 1. The largest absolute Gasteiger partial charge is 0.387 e. The fraction of sp³-hybridized carbons (Fsp3) is 0.143. The molecular weight excluding hydrogens is 222 g/mol. The summed E-state index contributed by atoms with van der Waals surface area (Å²) in [5.41, 5.74) is -0.0987. The van der Waals surface area contributed by atoms with E-state index < -0.39 is 14.9 Å². The lowest BCUT2D eigenvalue weighted by atomic mass is 10.3. The lowest BCUT2D eigenvalue weighted by molar-refractivity contribution is -0.384. The van der Waals surface area contributed by atoms with Gasteiger partial charge in [0.1, 0.15) is 4.90 Å². The third-order valence-electron chi connectivity index (χ3n) is 1.75. The van der Waals surface area contributed by atoms with Crippen LogP contribution in [0.25, 0.3) is 0 Å². The van der Waals surface area contributed by atoms with Crippen LogP contribution < -0.4 is 10.5 Å². The zero-order valence-electron chi connectivity index (χ0n) is 7.80. The van der Waals surface area contributed by atoms with Crippen LogP contribution in [-0.4, -0.2) is 20.4 Å². The summed E-state index contributed by atoms with van der Waals surface area (Å²) in [6, 6.07) is 3.29. The Kier molecular flexibility index (Phi) is 2.91. The van der Waals surface area contributed by atoms with Crippen LogP contribution in [-0.2, 0) is 10.0 Å². The van der Waals surface area contributed by atoms with Gasteiger partial charge in [0.25, 0.3) is 5.69 Å². The van der Waals surface area contributed by atoms with Crippen molar-refractivity contribution in [1.82, 2.24) is 0 Å². The van der Waals surface area contributed by atoms with Crippen molar-refractivity contribution in [3.63, 3.8) is 0 Å². The number of benzene rings is 1. The van der Waals surface area contributed by atoms with Crippen molar-refractivity contribution < 1.29 is 13.3 Å². The van der Waals surface area contributed by atoms with Gasteiger partial charge in [0.2, 0.25) is 10.0 Å². The minimum absolute atomic E-state index is 0.103. The molecule has 0 radical (unpaired) electrons. The van der Waals surface area contributed by atoms with Crippen LogP contribution in [0.15, 0.2) is 23.1 Å². The molecule has 0 fully saturated rings. The van der Waals surface area contributed by atoms with E-state index in [9.17, 15) is 18.5 Å². The molecule has 0 heterocycles. The van der Waals surface area contributed by atoms with Gasteiger partial charge < -0.3 is 5.32 Å². The molecule has 0 amide bonds. The van der Waals surface area contributed by atoms with E-state index in [-0.39, 0.29) is 16.3 Å². The Bertz CT molecular complexity index is 497. The lowest BCUT2D eigenvalue weighted by Crippen LogP contribution is -2.14. The fourth-order valence-electron chi connectivity index (χ4n) is 1.08. The number of anilines is 1. The van der Waals surface area contributed by atoms with Gasteiger partial charge in [-0.1, -0.05) is 0 Å². The molecule has 0 unspecified atom stereocenters. The number of nitrogens with zero attached hydrogens (tertiary/aromatic N) is 1. The molecule has 0 aromatic heterocycles. The van der Waals surface area contributed by atoms with Crippen molar-refractivity contribution in [2.24, 2.45) is 5.14 Å². The van der Waals surface area contributed by atoms with Gasteiger partial charge in [-0.05, 0) is 6.07 Å². The molecule has 0 aliphatic heterocycles. The number of non-ortho nitro benzene ring substituents is 1. The number of primary sulfonamides is 1. The average molecular weight is 231 g/mol. The highest BCUT2D eigenvalue weighted by Crippen LogP contribution is 2.24. The third kappa shape index (κ3) is 2.42. The van der Waals surface area contributed by atoms with Crippen molar-refractivity contribution in [2.45, 2.75) is 4.90 Å². The van der Waals surface area contributed by atoms with E-state index in [1.54, 1.807) is 0 Å². The van der Waals surface area contributed by atoms with E-state index in [1.807, 2.05) is 0 Å². The highest BCUT2D eigenvalue weighted by atomic mass is 32.2. The second kappa shape index (κ2) is 3.83. The summed E-state index contributed by atoms with van der Waals surface area (Å²) in [5.74, 6) is 0. The molecule has 7 nitrogen and oxygen atoms in total. The molecule has 1 aromatic rings. The zero-order valence-corrected chi connectivity index (χ0v) is 8.61. The van der Waals surface area contributed by atoms with Crippen molar-refractivity contribution in [3.8, 4) is 0 Å². The summed E-state index contributed by atoms with van der Waals surface area (Å²) in [6.07, 6.45) is 0. The van der Waals surface area contributed by atoms with Gasteiger partial charge in [-0.3, -0.25) is 10.1 Å². The Balaban J connectivity index is 3.40. The van der Waals surface area contributed by atoms with Gasteiger partial charge in [0.05, 0.1) is 10.6 Å². The standard InChI is InChI=1S/C7H9N3O4S/c1-9-6-4-5(10(11)12)2-3-7(6)15(8,13)14/h2-4,9H,1H3,(H2,8,13,14). The Morgan fingerprint density at radius 3 is 2.47 bits per heavy atom. The van der Waals surface area contributed by atoms with E-state index in [0.29, 0.717) is 0 Å². The number of hydrogen-bond acceptors (Lipinski definition) is 5. The van der Waals surface area contributed by atoms with E-state index in [4.69, 9.17) is 5.14 Å². The van der Waals surface area contributed by atoms with Crippen molar-refractivity contribution in [2.75, 3.05) is 12.4 Å². The van der Waals surface area contributed by atoms with Crippen LogP contribution in [0.4, 0.5) is 11.4 Å². The SMILES string of the molecule is CNc1cc([N+](=O)[O-])ccc1S(N)(=O)=O. The molecule has 1 aromatic carbocycles. The maximum atomic E-state index is 11.1. The zero-order chi connectivity index (χ0) is 11.6. The van der Waals surface area contributed by atoms with Crippen molar-refractivity contribution in [1.29, 1.82) is 0 Å². The maximum absolute atomic E-state index is 11.1. The molecule has 82 valence electrons. The number of nitrogens with one attached hydrogen (secondary N) is 1. The molecule has 0 atom stereocenters. The summed E-state index contributed by atoms with van der Waals surface area (Å²) in [7, 11) is -2.42. The fourth-order valence-corrected chi connectivity index (χ4v) is 1.80. The second-order valence-corrected chi connectivity index (χ2v) is 4.26. The third-order valence-corrected chi connectivity index (χ3v) is 2.72. The molecule has 15 heavy (non-hydrogen) atoms. The minimum Gasteiger partial charge on any atom is -0.387 e. The molecule has 3 N–H and O–H groups in total. The second-order valence-electron chi connectivity index (χ2n) is 2.73. The Morgan fingerprint density at radius 1 is 1.47 bits per heavy atom. The topological polar surface area (TPSA) is 115 Å². The minimum atomic E-state index is -3.87. The number of hydrogen-bond donors (Lipinski definition) is 2. The van der Waals surface area contributed by atoms with Gasteiger partial charge >= 0.3 is 0 Å². The summed E-state index contributed by atoms with van der Waals surface area (Å²) in [5, 5.41) is 17.9. The molecule has 0 aliphatic carbocycles. The first-order valence-electron chi connectivity index (χ1n) is 3.85. The van der Waals surface area contributed by atoms with Crippen LogP contribution >= 0.6 is 0 Å². The first-order valence-corrected chi connectivity index (χ1v) is 5.40. The van der Waals surface area contributed by atoms with Gasteiger partial charge in [-0.25, -0.2) is 13.6 Å². The summed E-state index contributed by atoms with van der Waals surface area (Å²) in [4.78, 5) is 9.64. The number of nitro groups is 1. The van der Waals surface area contributed by atoms with Crippen molar-refractivity contribution >= 4 is 21.4 Å². The van der Waals surface area contributed by atoms with Crippen LogP contribution in [0.1, 0.15) is 0 Å². The molecule has 0 saturated carbocycles. The molecule has 8 heteroatoms. The number of sulfonamides is 1. The van der Waals surface area contributed by atoms with Gasteiger partial charge in [-0.15, -0.1) is 0 Å². The molecular formula is C7H9N3O4S. The predicted molar refractivity (Wildman–Crippen MR) is 54.0 cm³/mol. The summed E-state index contributed by atoms with van der Waals surface area (Å²) >= 11 is 0. The van der Waals surface area contributed by atoms with Crippen LogP contribution in [0.2, 0.25) is 0 Å². The molecule has 0 bridgehead atoms. The number of nitro benzene ring substituents is 1. The Labute approximate surface area is 86.1 Å². The van der Waals surface area contributed by atoms with E-state index in [0.717, 1.165) is 18.2 Å². The first kappa shape index (κ1) is 11.4. The molecule has 0 aliphatic rings. The van der Waals surface area contributed by atoms with E-state index >= 15 is 0 Å². The highest BCUT2D eigenvalue weighted by molar-refractivity contribution is 7.89. The monoisotopic (exact) mass is 231 g/mol. The quantitative estimate of drug-likeness (QED) is 0.572. The van der Waals surface area contributed by atoms with Crippen LogP contribution in [0.5, 0.6) is 0 Å². The molecule has 0 saturated heterocycles. The smallest absolute Gasteiger partial charge is 0.271 e. The average Bonchev–Trinajstić information content (AvgIpc) is 2.15. The lowest BCUT2D eigenvalue weighted by Gasteiger charge is -2.05. The van der Waals surface area contributed by atoms with Gasteiger partial charge in [-0.2, -0.15) is 0 Å². The van der Waals surface area contributed by atoms with E-state index in [2.05, 4.69) is 5.32 Å². The molecule has 1 rings (SSSR count). The number of rotatable bonds is 3. The van der Waals surface area contributed by atoms with Crippen LogP contribution in [0.3, 0.4) is 0 Å². The summed E-state index contributed by atoms with van der Waals surface area (Å²) < 4.78 is 22.1. The maximum Gasteiger partial charge on any atom is 0.271 e. The Morgan fingerprint density at radius 2 is 2.07 bits per heavy atom.